The number of anilines is 3. The van der Waals surface area contributed by atoms with Gasteiger partial charge in [-0.2, -0.15) is 0 Å². The maximum absolute atomic E-state index is 13.9. The highest BCUT2D eigenvalue weighted by atomic mass is 16.1. The van der Waals surface area contributed by atoms with Gasteiger partial charge in [-0.15, -0.1) is 0 Å². The third kappa shape index (κ3) is 3.54. The van der Waals surface area contributed by atoms with E-state index in [0.29, 0.717) is 11.1 Å². The summed E-state index contributed by atoms with van der Waals surface area (Å²) in [5.74, 6) is 0.0185. The fourth-order valence-corrected chi connectivity index (χ4v) is 5.39. The molecule has 5 aromatic rings. The summed E-state index contributed by atoms with van der Waals surface area (Å²) < 4.78 is 0. The van der Waals surface area contributed by atoms with Crippen LogP contribution in [-0.2, 0) is 5.41 Å². The predicted octanol–water partition coefficient (Wildman–Crippen LogP) is 8.69. The van der Waals surface area contributed by atoms with Gasteiger partial charge in [0, 0.05) is 16.5 Å². The molecule has 1 aliphatic heterocycles. The molecule has 6 rings (SSSR count). The Morgan fingerprint density at radius 1 is 0.528 bits per heavy atom. The number of nitrogens with zero attached hydrogens (tertiary/aromatic N) is 1. The van der Waals surface area contributed by atoms with E-state index in [1.54, 1.807) is 0 Å². The van der Waals surface area contributed by atoms with Crippen LogP contribution in [0.3, 0.4) is 0 Å². The van der Waals surface area contributed by atoms with Crippen LogP contribution in [0.4, 0.5) is 17.1 Å². The minimum atomic E-state index is -0.143. The van der Waals surface area contributed by atoms with E-state index in [0.717, 1.165) is 28.2 Å². The molecule has 0 aromatic heterocycles. The normalized spacial score (nSPS) is 13.6. The maximum Gasteiger partial charge on any atom is 0.195 e. The SMILES string of the molecule is CC1(C)c2ccccc2N(c2ccccc2C(=O)c2ccc(-c3ccccc3)cc2)c2ccccc21. The van der Waals surface area contributed by atoms with E-state index in [1.807, 2.05) is 60.7 Å². The average molecular weight is 466 g/mol. The van der Waals surface area contributed by atoms with Crippen LogP contribution in [0.15, 0.2) is 127 Å². The first-order chi connectivity index (χ1) is 17.6. The van der Waals surface area contributed by atoms with Crippen molar-refractivity contribution in [2.75, 3.05) is 4.90 Å². The van der Waals surface area contributed by atoms with Crippen molar-refractivity contribution in [3.63, 3.8) is 0 Å². The van der Waals surface area contributed by atoms with Gasteiger partial charge in [0.1, 0.15) is 0 Å². The summed E-state index contributed by atoms with van der Waals surface area (Å²) in [6.45, 7) is 4.54. The molecule has 0 radical (unpaired) electrons. The molecule has 0 saturated heterocycles. The Kier molecular flexibility index (Phi) is 5.30. The molecule has 0 atom stereocenters. The van der Waals surface area contributed by atoms with E-state index in [1.165, 1.54) is 11.1 Å². The predicted molar refractivity (Wildman–Crippen MR) is 149 cm³/mol. The van der Waals surface area contributed by atoms with Crippen LogP contribution < -0.4 is 4.90 Å². The lowest BCUT2D eigenvalue weighted by molar-refractivity contribution is 0.103. The highest BCUT2D eigenvalue weighted by Gasteiger charge is 2.37. The molecule has 0 aliphatic carbocycles. The molecule has 1 heterocycles. The van der Waals surface area contributed by atoms with Gasteiger partial charge >= 0.3 is 0 Å². The summed E-state index contributed by atoms with van der Waals surface area (Å²) in [6.07, 6.45) is 0. The van der Waals surface area contributed by atoms with Gasteiger partial charge in [-0.1, -0.05) is 117 Å². The van der Waals surface area contributed by atoms with E-state index in [9.17, 15) is 4.79 Å². The summed E-state index contributed by atoms with van der Waals surface area (Å²) in [6, 6.07) is 43.1. The lowest BCUT2D eigenvalue weighted by Gasteiger charge is -2.42. The number of hydrogen-bond acceptors (Lipinski definition) is 2. The van der Waals surface area contributed by atoms with Gasteiger partial charge in [0.05, 0.1) is 17.1 Å². The van der Waals surface area contributed by atoms with Crippen LogP contribution in [-0.4, -0.2) is 5.78 Å². The zero-order valence-electron chi connectivity index (χ0n) is 20.5. The second-order valence-corrected chi connectivity index (χ2v) is 9.78. The first-order valence-corrected chi connectivity index (χ1v) is 12.3. The number of carbonyl (C=O) groups excluding carboxylic acids is 1. The number of carbonyl (C=O) groups is 1. The Labute approximate surface area is 212 Å². The van der Waals surface area contributed by atoms with Crippen molar-refractivity contribution < 1.29 is 4.79 Å². The molecule has 1 aliphatic rings. The largest absolute Gasteiger partial charge is 0.309 e. The third-order valence-electron chi connectivity index (χ3n) is 7.28. The quantitative estimate of drug-likeness (QED) is 0.247. The highest BCUT2D eigenvalue weighted by Crippen LogP contribution is 2.52. The van der Waals surface area contributed by atoms with Gasteiger partial charge in [-0.05, 0) is 46.5 Å². The Morgan fingerprint density at radius 2 is 1.00 bits per heavy atom. The molecule has 0 saturated carbocycles. The van der Waals surface area contributed by atoms with E-state index in [2.05, 4.69) is 85.5 Å². The molecule has 174 valence electrons. The fourth-order valence-electron chi connectivity index (χ4n) is 5.39. The molecule has 2 nitrogen and oxygen atoms in total. The number of rotatable bonds is 4. The van der Waals surface area contributed by atoms with Crippen molar-refractivity contribution in [1.29, 1.82) is 0 Å². The number of para-hydroxylation sites is 3. The standard InChI is InChI=1S/C34H27NO/c1-34(2)28-15-7-10-18-31(28)35(32-19-11-8-16-29(32)34)30-17-9-6-14-27(30)33(36)26-22-20-25(21-23-26)24-12-4-3-5-13-24/h3-23H,1-2H3. The monoisotopic (exact) mass is 465 g/mol. The first kappa shape index (κ1) is 22.1. The molecule has 0 unspecified atom stereocenters. The molecule has 0 bridgehead atoms. The van der Waals surface area contributed by atoms with Gasteiger partial charge in [0.2, 0.25) is 0 Å². The Balaban J connectivity index is 1.47. The molecule has 0 amide bonds. The number of benzene rings is 5. The van der Waals surface area contributed by atoms with Crippen LogP contribution in [0.25, 0.3) is 11.1 Å². The number of hydrogen-bond donors (Lipinski definition) is 0. The van der Waals surface area contributed by atoms with Crippen molar-refractivity contribution in [3.8, 4) is 11.1 Å². The van der Waals surface area contributed by atoms with Crippen LogP contribution >= 0.6 is 0 Å². The van der Waals surface area contributed by atoms with E-state index in [4.69, 9.17) is 0 Å². The van der Waals surface area contributed by atoms with Crippen LogP contribution in [0, 0.1) is 0 Å². The summed E-state index contributed by atoms with van der Waals surface area (Å²) >= 11 is 0. The summed E-state index contributed by atoms with van der Waals surface area (Å²) in [7, 11) is 0. The molecule has 36 heavy (non-hydrogen) atoms. The fraction of sp³-hybridized carbons (Fsp3) is 0.0882. The van der Waals surface area contributed by atoms with Crippen LogP contribution in [0.1, 0.15) is 40.9 Å². The summed E-state index contributed by atoms with van der Waals surface area (Å²) in [5.41, 5.74) is 9.08. The minimum absolute atomic E-state index is 0.0185. The molecular weight excluding hydrogens is 438 g/mol. The van der Waals surface area contributed by atoms with Crippen molar-refractivity contribution in [2.45, 2.75) is 19.3 Å². The number of fused-ring (bicyclic) bond motifs is 2. The Bertz CT molecular complexity index is 1520. The summed E-state index contributed by atoms with van der Waals surface area (Å²) in [4.78, 5) is 16.1. The second kappa shape index (κ2) is 8.66. The second-order valence-electron chi connectivity index (χ2n) is 9.78. The van der Waals surface area contributed by atoms with Gasteiger partial charge in [0.15, 0.2) is 5.78 Å². The first-order valence-electron chi connectivity index (χ1n) is 12.3. The van der Waals surface area contributed by atoms with E-state index < -0.39 is 0 Å². The lowest BCUT2D eigenvalue weighted by atomic mass is 9.73. The van der Waals surface area contributed by atoms with Crippen molar-refractivity contribution in [3.05, 3.63) is 150 Å². The van der Waals surface area contributed by atoms with E-state index >= 15 is 0 Å². The van der Waals surface area contributed by atoms with Crippen LogP contribution in [0.5, 0.6) is 0 Å². The smallest absolute Gasteiger partial charge is 0.195 e. The van der Waals surface area contributed by atoms with Gasteiger partial charge < -0.3 is 4.90 Å². The average Bonchev–Trinajstić information content (AvgIpc) is 2.94. The van der Waals surface area contributed by atoms with Gasteiger partial charge in [-0.3, -0.25) is 4.79 Å². The minimum Gasteiger partial charge on any atom is -0.309 e. The summed E-state index contributed by atoms with van der Waals surface area (Å²) in [5, 5.41) is 0. The molecular formula is C34H27NO. The van der Waals surface area contributed by atoms with Crippen molar-refractivity contribution in [2.24, 2.45) is 0 Å². The Hall–Kier alpha value is -4.43. The molecule has 0 spiro atoms. The van der Waals surface area contributed by atoms with Crippen LogP contribution in [0.2, 0.25) is 0 Å². The molecule has 5 aromatic carbocycles. The van der Waals surface area contributed by atoms with E-state index in [-0.39, 0.29) is 11.2 Å². The molecule has 2 heteroatoms. The zero-order chi connectivity index (χ0) is 24.7. The third-order valence-corrected chi connectivity index (χ3v) is 7.28. The zero-order valence-corrected chi connectivity index (χ0v) is 20.5. The molecule has 0 fully saturated rings. The van der Waals surface area contributed by atoms with Gasteiger partial charge in [-0.25, -0.2) is 0 Å². The Morgan fingerprint density at radius 3 is 1.61 bits per heavy atom. The number of ketones is 1. The van der Waals surface area contributed by atoms with Crippen molar-refractivity contribution in [1.82, 2.24) is 0 Å². The van der Waals surface area contributed by atoms with Crippen molar-refractivity contribution >= 4 is 22.8 Å². The topological polar surface area (TPSA) is 20.3 Å². The highest BCUT2D eigenvalue weighted by molar-refractivity contribution is 6.13. The van der Waals surface area contributed by atoms with Gasteiger partial charge in [0.25, 0.3) is 0 Å². The lowest BCUT2D eigenvalue weighted by Crippen LogP contribution is -2.31. The maximum atomic E-state index is 13.9. The molecule has 0 N–H and O–H groups in total.